The number of hydrogen-bond acceptors (Lipinski definition) is 9. The number of thioether (sulfide) groups is 1. The Labute approximate surface area is 219 Å². The highest BCUT2D eigenvalue weighted by atomic mass is 32.2. The molecule has 4 heterocycles. The Balaban J connectivity index is 1.31. The van der Waals surface area contributed by atoms with Gasteiger partial charge in [0.15, 0.2) is 5.62 Å². The number of nitrogens with one attached hydrogen (secondary N) is 2. The van der Waals surface area contributed by atoms with Crippen molar-refractivity contribution in [3.8, 4) is 11.3 Å². The molecule has 0 radical (unpaired) electrons. The van der Waals surface area contributed by atoms with Gasteiger partial charge in [0.1, 0.15) is 0 Å². The summed E-state index contributed by atoms with van der Waals surface area (Å²) in [7, 11) is 1.53. The zero-order valence-corrected chi connectivity index (χ0v) is 22.0. The average molecular weight is 523 g/mol. The van der Waals surface area contributed by atoms with Crippen LogP contribution >= 0.6 is 23.1 Å². The van der Waals surface area contributed by atoms with Crippen molar-refractivity contribution in [1.29, 1.82) is 0 Å². The molecule has 1 saturated heterocycles. The van der Waals surface area contributed by atoms with Crippen molar-refractivity contribution in [3.63, 3.8) is 0 Å². The minimum absolute atomic E-state index is 0.173. The molecule has 0 aliphatic carbocycles. The third-order valence-electron chi connectivity index (χ3n) is 6.21. The molecule has 10 heteroatoms. The Bertz CT molecular complexity index is 1190. The number of likely N-dealkylation sites (N-methyl/N-ethyl adjacent to an activating group) is 1. The maximum atomic E-state index is 12.0. The van der Waals surface area contributed by atoms with E-state index < -0.39 is 0 Å². The summed E-state index contributed by atoms with van der Waals surface area (Å²) in [6, 6.07) is 10.2. The SMILES string of the molecule is CNC(=O)/C(=C/c1ccnc(N2CCC(CNC(C)c3cccc(-c4ccsc4)n3)CC2)n1)SC=O. The lowest BCUT2D eigenvalue weighted by Gasteiger charge is -2.32. The van der Waals surface area contributed by atoms with E-state index in [-0.39, 0.29) is 11.9 Å². The summed E-state index contributed by atoms with van der Waals surface area (Å²) < 4.78 is 0. The molecule has 0 saturated carbocycles. The summed E-state index contributed by atoms with van der Waals surface area (Å²) in [6.07, 6.45) is 5.38. The first kappa shape index (κ1) is 26.0. The Morgan fingerprint density at radius 3 is 2.81 bits per heavy atom. The Morgan fingerprint density at radius 1 is 1.25 bits per heavy atom. The van der Waals surface area contributed by atoms with Crippen LogP contribution in [0.25, 0.3) is 17.3 Å². The minimum Gasteiger partial charge on any atom is -0.355 e. The van der Waals surface area contributed by atoms with Crippen molar-refractivity contribution in [1.82, 2.24) is 25.6 Å². The number of hydrogen-bond donors (Lipinski definition) is 2. The summed E-state index contributed by atoms with van der Waals surface area (Å²) >= 11 is 2.52. The fourth-order valence-electron chi connectivity index (χ4n) is 4.11. The van der Waals surface area contributed by atoms with Crippen molar-refractivity contribution >= 4 is 46.6 Å². The number of amides is 1. The van der Waals surface area contributed by atoms with Crippen molar-refractivity contribution in [2.45, 2.75) is 25.8 Å². The molecule has 1 aliphatic heterocycles. The summed E-state index contributed by atoms with van der Waals surface area (Å²) in [5.74, 6) is 0.893. The molecule has 36 heavy (non-hydrogen) atoms. The number of carbonyl (C=O) groups is 2. The third-order valence-corrected chi connectivity index (χ3v) is 7.55. The number of aromatic nitrogens is 3. The van der Waals surface area contributed by atoms with E-state index in [1.54, 1.807) is 29.7 Å². The molecule has 0 aromatic carbocycles. The molecule has 3 aromatic rings. The number of piperidine rings is 1. The fraction of sp³-hybridized carbons (Fsp3) is 0.346. The summed E-state index contributed by atoms with van der Waals surface area (Å²) in [6.45, 7) is 4.83. The maximum absolute atomic E-state index is 12.0. The lowest BCUT2D eigenvalue weighted by Crippen LogP contribution is -2.38. The predicted octanol–water partition coefficient (Wildman–Crippen LogP) is 4.18. The van der Waals surface area contributed by atoms with Crippen LogP contribution in [0.3, 0.4) is 0 Å². The predicted molar refractivity (Wildman–Crippen MR) is 147 cm³/mol. The van der Waals surface area contributed by atoms with Gasteiger partial charge in [-0.3, -0.25) is 14.6 Å². The number of anilines is 1. The Hall–Kier alpha value is -3.08. The van der Waals surface area contributed by atoms with Gasteiger partial charge >= 0.3 is 0 Å². The molecule has 4 rings (SSSR count). The Kier molecular flexibility index (Phi) is 9.21. The van der Waals surface area contributed by atoms with E-state index in [2.05, 4.69) is 67.5 Å². The largest absolute Gasteiger partial charge is 0.355 e. The Morgan fingerprint density at radius 2 is 2.08 bits per heavy atom. The second-order valence-electron chi connectivity index (χ2n) is 8.60. The standard InChI is InChI=1S/C26H30N6O2S2/c1-18(22-4-3-5-23(31-22)20-9-13-35-16-20)29-15-19-7-11-32(12-8-19)26-28-10-6-21(30-26)14-24(36-17-33)25(34)27-2/h3-6,9-10,13-14,16-19,29H,7-8,11-12,15H2,1-2H3,(H,27,34)/b24-14-. The normalized spacial score (nSPS) is 15.5. The quantitative estimate of drug-likeness (QED) is 0.302. The molecule has 8 nitrogen and oxygen atoms in total. The average Bonchev–Trinajstić information content (AvgIpc) is 3.47. The monoisotopic (exact) mass is 522 g/mol. The third kappa shape index (κ3) is 6.77. The van der Waals surface area contributed by atoms with Crippen LogP contribution in [-0.2, 0) is 9.59 Å². The highest BCUT2D eigenvalue weighted by Crippen LogP contribution is 2.24. The molecular formula is C26H30N6O2S2. The van der Waals surface area contributed by atoms with Crippen molar-refractivity contribution in [2.24, 2.45) is 5.92 Å². The fourth-order valence-corrected chi connectivity index (χ4v) is 5.26. The van der Waals surface area contributed by atoms with Crippen molar-refractivity contribution < 1.29 is 9.59 Å². The van der Waals surface area contributed by atoms with Gasteiger partial charge in [0, 0.05) is 43.3 Å². The number of nitrogens with zero attached hydrogens (tertiary/aromatic N) is 4. The van der Waals surface area contributed by atoms with E-state index in [0.29, 0.717) is 28.1 Å². The lowest BCUT2D eigenvalue weighted by atomic mass is 9.96. The van der Waals surface area contributed by atoms with Crippen molar-refractivity contribution in [3.05, 3.63) is 63.6 Å². The highest BCUT2D eigenvalue weighted by molar-refractivity contribution is 8.16. The van der Waals surface area contributed by atoms with Gasteiger partial charge in [-0.15, -0.1) is 0 Å². The van der Waals surface area contributed by atoms with E-state index in [1.807, 2.05) is 0 Å². The first-order chi connectivity index (χ1) is 17.6. The van der Waals surface area contributed by atoms with Gasteiger partial charge in [-0.1, -0.05) is 6.07 Å². The van der Waals surface area contributed by atoms with Crippen LogP contribution < -0.4 is 15.5 Å². The molecule has 1 amide bonds. The number of rotatable bonds is 10. The van der Waals surface area contributed by atoms with Crippen LogP contribution in [-0.4, -0.2) is 53.2 Å². The van der Waals surface area contributed by atoms with Crippen LogP contribution in [0.2, 0.25) is 0 Å². The molecule has 1 aliphatic rings. The first-order valence-electron chi connectivity index (χ1n) is 11.9. The molecule has 1 unspecified atom stereocenters. The molecule has 2 N–H and O–H groups in total. The molecule has 0 bridgehead atoms. The molecule has 0 spiro atoms. The van der Waals surface area contributed by atoms with Gasteiger partial charge in [-0.2, -0.15) is 11.3 Å². The van der Waals surface area contributed by atoms with Crippen LogP contribution in [0.15, 0.2) is 52.2 Å². The zero-order valence-electron chi connectivity index (χ0n) is 20.4. The van der Waals surface area contributed by atoms with E-state index in [4.69, 9.17) is 4.98 Å². The van der Waals surface area contributed by atoms with E-state index >= 15 is 0 Å². The van der Waals surface area contributed by atoms with Crippen LogP contribution in [0.5, 0.6) is 0 Å². The van der Waals surface area contributed by atoms with Crippen molar-refractivity contribution in [2.75, 3.05) is 31.6 Å². The molecular weight excluding hydrogens is 492 g/mol. The van der Waals surface area contributed by atoms with Gasteiger partial charge in [0.25, 0.3) is 5.91 Å². The molecule has 1 fully saturated rings. The number of carbonyl (C=O) groups excluding carboxylic acids is 2. The number of thiophene rings is 1. The second-order valence-corrected chi connectivity index (χ2v) is 10.3. The van der Waals surface area contributed by atoms with Crippen LogP contribution in [0.1, 0.15) is 37.2 Å². The zero-order chi connectivity index (χ0) is 25.3. The maximum Gasteiger partial charge on any atom is 0.257 e. The lowest BCUT2D eigenvalue weighted by molar-refractivity contribution is -0.116. The topological polar surface area (TPSA) is 100 Å². The van der Waals surface area contributed by atoms with E-state index in [9.17, 15) is 9.59 Å². The van der Waals surface area contributed by atoms with Gasteiger partial charge in [0.2, 0.25) is 5.95 Å². The van der Waals surface area contributed by atoms with Gasteiger partial charge in [0.05, 0.1) is 22.0 Å². The van der Waals surface area contributed by atoms with Crippen LogP contribution in [0.4, 0.5) is 5.95 Å². The summed E-state index contributed by atoms with van der Waals surface area (Å²) in [5.41, 5.74) is 4.47. The first-order valence-corrected chi connectivity index (χ1v) is 13.7. The van der Waals surface area contributed by atoms with Gasteiger partial charge in [-0.05, 0) is 79.7 Å². The van der Waals surface area contributed by atoms with Gasteiger partial charge < -0.3 is 15.5 Å². The smallest absolute Gasteiger partial charge is 0.257 e. The molecule has 188 valence electrons. The van der Waals surface area contributed by atoms with E-state index in [0.717, 1.165) is 61.2 Å². The molecule has 3 aromatic heterocycles. The minimum atomic E-state index is -0.316. The van der Waals surface area contributed by atoms with E-state index in [1.165, 1.54) is 7.05 Å². The number of pyridine rings is 1. The summed E-state index contributed by atoms with van der Waals surface area (Å²) in [4.78, 5) is 39.3. The summed E-state index contributed by atoms with van der Waals surface area (Å²) in [5, 5.41) is 10.4. The molecule has 1 atom stereocenters. The second kappa shape index (κ2) is 12.8. The van der Waals surface area contributed by atoms with Crippen LogP contribution in [0, 0.1) is 5.92 Å². The van der Waals surface area contributed by atoms with Gasteiger partial charge in [-0.25, -0.2) is 9.97 Å². The highest BCUT2D eigenvalue weighted by Gasteiger charge is 2.22.